The van der Waals surface area contributed by atoms with E-state index in [0.717, 1.165) is 12.8 Å². The molecule has 0 aliphatic heterocycles. The van der Waals surface area contributed by atoms with Crippen LogP contribution in [0.5, 0.6) is 0 Å². The summed E-state index contributed by atoms with van der Waals surface area (Å²) < 4.78 is 5.00. The highest BCUT2D eigenvalue weighted by Crippen LogP contribution is 2.40. The number of carbonyl (C=O) groups is 1. The van der Waals surface area contributed by atoms with Crippen LogP contribution >= 0.6 is 0 Å². The first-order chi connectivity index (χ1) is 7.83. The van der Waals surface area contributed by atoms with Crippen molar-refractivity contribution in [1.29, 1.82) is 0 Å². The Labute approximate surface area is 104 Å². The number of esters is 1. The van der Waals surface area contributed by atoms with Crippen molar-refractivity contribution in [2.45, 2.75) is 47.5 Å². The maximum atomic E-state index is 10.8. The molecule has 2 heteroatoms. The van der Waals surface area contributed by atoms with E-state index in [0.29, 0.717) is 5.76 Å². The maximum absolute atomic E-state index is 10.8. The van der Waals surface area contributed by atoms with Gasteiger partial charge in [-0.25, -0.2) is 0 Å². The number of hydrogen-bond donors (Lipinski definition) is 0. The summed E-state index contributed by atoms with van der Waals surface area (Å²) in [5, 5.41) is 0. The average Bonchev–Trinajstić information content (AvgIpc) is 2.14. The lowest BCUT2D eigenvalue weighted by Crippen LogP contribution is -2.18. The lowest BCUT2D eigenvalue weighted by molar-refractivity contribution is -0.136. The van der Waals surface area contributed by atoms with E-state index in [1.165, 1.54) is 18.1 Å². The van der Waals surface area contributed by atoms with Gasteiger partial charge in [-0.2, -0.15) is 0 Å². The van der Waals surface area contributed by atoms with Gasteiger partial charge in [-0.15, -0.1) is 0 Å². The highest BCUT2D eigenvalue weighted by Gasteiger charge is 2.26. The van der Waals surface area contributed by atoms with Gasteiger partial charge >= 0.3 is 5.97 Å². The molecule has 0 bridgehead atoms. The summed E-state index contributed by atoms with van der Waals surface area (Å²) >= 11 is 0. The minimum atomic E-state index is -0.271. The number of carbonyl (C=O) groups excluding carboxylic acids is 1. The van der Waals surface area contributed by atoms with E-state index in [4.69, 9.17) is 4.74 Å². The van der Waals surface area contributed by atoms with E-state index < -0.39 is 0 Å². The van der Waals surface area contributed by atoms with Crippen molar-refractivity contribution in [3.8, 4) is 0 Å². The van der Waals surface area contributed by atoms with Crippen LogP contribution < -0.4 is 0 Å². The van der Waals surface area contributed by atoms with Gasteiger partial charge in [0.15, 0.2) is 0 Å². The van der Waals surface area contributed by atoms with Crippen molar-refractivity contribution in [3.63, 3.8) is 0 Å². The molecule has 0 N–H and O–H groups in total. The van der Waals surface area contributed by atoms with Crippen LogP contribution in [0.25, 0.3) is 0 Å². The minimum Gasteiger partial charge on any atom is -0.432 e. The number of ether oxygens (including phenoxy) is 1. The third-order valence-electron chi connectivity index (χ3n) is 3.16. The van der Waals surface area contributed by atoms with E-state index in [9.17, 15) is 4.79 Å². The average molecular weight is 234 g/mol. The molecule has 94 valence electrons. The highest BCUT2D eigenvalue weighted by molar-refractivity contribution is 5.67. The Morgan fingerprint density at radius 1 is 1.41 bits per heavy atom. The molecular weight excluding hydrogens is 212 g/mol. The number of allylic oxidation sites excluding steroid dienone is 6. The molecule has 0 aromatic rings. The van der Waals surface area contributed by atoms with Crippen molar-refractivity contribution >= 4 is 5.97 Å². The van der Waals surface area contributed by atoms with E-state index in [-0.39, 0.29) is 11.4 Å². The summed E-state index contributed by atoms with van der Waals surface area (Å²) in [6.07, 6.45) is 8.52. The predicted molar refractivity (Wildman–Crippen MR) is 70.4 cm³/mol. The SMILES string of the molecule is CC(=O)O/C(C)=C/C=C1\C(C)=CCCC1(C)C. The zero-order chi connectivity index (χ0) is 13.1. The van der Waals surface area contributed by atoms with Gasteiger partial charge < -0.3 is 4.74 Å². The second-order valence-electron chi connectivity index (χ2n) is 5.26. The monoisotopic (exact) mass is 234 g/mol. The van der Waals surface area contributed by atoms with E-state index in [1.54, 1.807) is 6.92 Å². The molecule has 0 saturated carbocycles. The van der Waals surface area contributed by atoms with Crippen LogP contribution in [0.15, 0.2) is 35.1 Å². The molecule has 2 nitrogen and oxygen atoms in total. The van der Waals surface area contributed by atoms with Gasteiger partial charge in [0.05, 0.1) is 0 Å². The highest BCUT2D eigenvalue weighted by atomic mass is 16.5. The van der Waals surface area contributed by atoms with Gasteiger partial charge in [-0.3, -0.25) is 4.79 Å². The first-order valence-electron chi connectivity index (χ1n) is 6.07. The van der Waals surface area contributed by atoms with Crippen LogP contribution in [0.4, 0.5) is 0 Å². The summed E-state index contributed by atoms with van der Waals surface area (Å²) in [5.41, 5.74) is 2.86. The molecule has 0 saturated heterocycles. The Kier molecular flexibility index (Phi) is 4.33. The van der Waals surface area contributed by atoms with Gasteiger partial charge in [0.1, 0.15) is 5.76 Å². The summed E-state index contributed by atoms with van der Waals surface area (Å²) in [7, 11) is 0. The molecule has 0 aromatic heterocycles. The van der Waals surface area contributed by atoms with Crippen molar-refractivity contribution in [3.05, 3.63) is 35.1 Å². The van der Waals surface area contributed by atoms with Gasteiger partial charge in [0.25, 0.3) is 0 Å². The van der Waals surface area contributed by atoms with E-state index >= 15 is 0 Å². The number of rotatable bonds is 2. The van der Waals surface area contributed by atoms with Crippen LogP contribution in [-0.2, 0) is 9.53 Å². The molecule has 0 aromatic carbocycles. The summed E-state index contributed by atoms with van der Waals surface area (Å²) in [5.74, 6) is 0.367. The Morgan fingerprint density at radius 2 is 2.06 bits per heavy atom. The predicted octanol–water partition coefficient (Wildman–Crippen LogP) is 4.15. The quantitative estimate of drug-likeness (QED) is 0.530. The first-order valence-corrected chi connectivity index (χ1v) is 6.07. The van der Waals surface area contributed by atoms with Gasteiger partial charge in [-0.1, -0.05) is 31.6 Å². The standard InChI is InChI=1S/C15H22O2/c1-11-7-6-10-15(4,5)14(11)9-8-12(2)17-13(3)16/h7-9H,6,10H2,1-5H3/b12-8+,14-9+. The van der Waals surface area contributed by atoms with Crippen molar-refractivity contribution in [2.75, 3.05) is 0 Å². The molecule has 0 unspecified atom stereocenters. The van der Waals surface area contributed by atoms with Crippen molar-refractivity contribution < 1.29 is 9.53 Å². The van der Waals surface area contributed by atoms with Crippen LogP contribution in [0, 0.1) is 5.41 Å². The zero-order valence-corrected chi connectivity index (χ0v) is 11.5. The molecule has 0 spiro atoms. The summed E-state index contributed by atoms with van der Waals surface area (Å²) in [6.45, 7) is 9.87. The molecule has 1 aliphatic carbocycles. The van der Waals surface area contributed by atoms with Crippen LogP contribution in [0.1, 0.15) is 47.5 Å². The third kappa shape index (κ3) is 3.88. The maximum Gasteiger partial charge on any atom is 0.307 e. The fourth-order valence-electron chi connectivity index (χ4n) is 2.25. The molecule has 0 atom stereocenters. The second kappa shape index (κ2) is 5.35. The molecule has 0 radical (unpaired) electrons. The fourth-order valence-corrected chi connectivity index (χ4v) is 2.25. The Bertz CT molecular complexity index is 395. The molecule has 0 amide bonds. The van der Waals surface area contributed by atoms with Crippen molar-refractivity contribution in [1.82, 2.24) is 0 Å². The zero-order valence-electron chi connectivity index (χ0n) is 11.5. The van der Waals surface area contributed by atoms with Gasteiger partial charge in [-0.05, 0) is 43.8 Å². The Morgan fingerprint density at radius 3 is 2.59 bits per heavy atom. The second-order valence-corrected chi connectivity index (χ2v) is 5.26. The number of hydrogen-bond acceptors (Lipinski definition) is 2. The van der Waals surface area contributed by atoms with Gasteiger partial charge in [0, 0.05) is 6.92 Å². The van der Waals surface area contributed by atoms with Crippen LogP contribution in [-0.4, -0.2) is 5.97 Å². The molecule has 0 heterocycles. The summed E-state index contributed by atoms with van der Waals surface area (Å²) in [4.78, 5) is 10.8. The van der Waals surface area contributed by atoms with Crippen LogP contribution in [0.3, 0.4) is 0 Å². The molecule has 1 aliphatic rings. The molecule has 1 rings (SSSR count). The molecule has 17 heavy (non-hydrogen) atoms. The lowest BCUT2D eigenvalue weighted by atomic mass is 9.73. The van der Waals surface area contributed by atoms with Crippen molar-refractivity contribution in [2.24, 2.45) is 5.41 Å². The molecular formula is C15H22O2. The van der Waals surface area contributed by atoms with E-state index in [2.05, 4.69) is 32.9 Å². The Hall–Kier alpha value is -1.31. The Balaban J connectivity index is 2.93. The summed E-state index contributed by atoms with van der Waals surface area (Å²) in [6, 6.07) is 0. The first kappa shape index (κ1) is 13.8. The largest absolute Gasteiger partial charge is 0.432 e. The topological polar surface area (TPSA) is 26.3 Å². The fraction of sp³-hybridized carbons (Fsp3) is 0.533. The normalized spacial score (nSPS) is 22.3. The minimum absolute atomic E-state index is 0.200. The lowest BCUT2D eigenvalue weighted by Gasteiger charge is -2.32. The molecule has 0 fully saturated rings. The third-order valence-corrected chi connectivity index (χ3v) is 3.16. The van der Waals surface area contributed by atoms with Crippen LogP contribution in [0.2, 0.25) is 0 Å². The van der Waals surface area contributed by atoms with Gasteiger partial charge in [0.2, 0.25) is 0 Å². The van der Waals surface area contributed by atoms with E-state index in [1.807, 2.05) is 6.08 Å². The smallest absolute Gasteiger partial charge is 0.307 e.